The predicted octanol–water partition coefficient (Wildman–Crippen LogP) is 3.73. The molecule has 0 saturated heterocycles. The minimum atomic E-state index is -0.574. The van der Waals surface area contributed by atoms with Gasteiger partial charge in [-0.15, -0.1) is 0 Å². The van der Waals surface area contributed by atoms with Gasteiger partial charge in [0, 0.05) is 17.6 Å². The Morgan fingerprint density at radius 3 is 2.52 bits per heavy atom. The topological polar surface area (TPSA) is 41.5 Å². The largest absolute Gasteiger partial charge is 0.497 e. The molecule has 0 amide bonds. The van der Waals surface area contributed by atoms with Crippen molar-refractivity contribution >= 4 is 11.6 Å². The molecular formula is C17H20ClNO2. The van der Waals surface area contributed by atoms with Crippen LogP contribution in [0.3, 0.4) is 0 Å². The molecule has 0 heterocycles. The van der Waals surface area contributed by atoms with E-state index in [0.29, 0.717) is 6.54 Å². The summed E-state index contributed by atoms with van der Waals surface area (Å²) in [5.74, 6) is 0.747. The monoisotopic (exact) mass is 305 g/mol. The zero-order chi connectivity index (χ0) is 15.2. The first-order chi connectivity index (χ1) is 10.1. The Bertz CT molecular complexity index is 571. The molecule has 0 aromatic heterocycles. The van der Waals surface area contributed by atoms with Crippen LogP contribution < -0.4 is 10.1 Å². The summed E-state index contributed by atoms with van der Waals surface area (Å²) < 4.78 is 5.17. The van der Waals surface area contributed by atoms with E-state index in [9.17, 15) is 5.11 Å². The summed E-state index contributed by atoms with van der Waals surface area (Å²) in [6, 6.07) is 15.3. The van der Waals surface area contributed by atoms with Crippen molar-refractivity contribution in [1.82, 2.24) is 5.32 Å². The lowest BCUT2D eigenvalue weighted by atomic mass is 10.1. The van der Waals surface area contributed by atoms with Crippen LogP contribution in [-0.2, 0) is 0 Å². The Morgan fingerprint density at radius 2 is 1.86 bits per heavy atom. The number of aliphatic hydroxyl groups is 1. The maximum Gasteiger partial charge on any atom is 0.119 e. The van der Waals surface area contributed by atoms with Gasteiger partial charge in [0.1, 0.15) is 5.75 Å². The second-order valence-corrected chi connectivity index (χ2v) is 5.41. The lowest BCUT2D eigenvalue weighted by Gasteiger charge is -2.18. The summed E-state index contributed by atoms with van der Waals surface area (Å²) in [6.07, 6.45) is -0.574. The first-order valence-electron chi connectivity index (χ1n) is 6.91. The fourth-order valence-electron chi connectivity index (χ4n) is 2.12. The predicted molar refractivity (Wildman–Crippen MR) is 85.8 cm³/mol. The molecular weight excluding hydrogens is 286 g/mol. The van der Waals surface area contributed by atoms with E-state index < -0.39 is 6.10 Å². The molecule has 0 radical (unpaired) electrons. The van der Waals surface area contributed by atoms with Crippen molar-refractivity contribution in [2.24, 2.45) is 0 Å². The van der Waals surface area contributed by atoms with Crippen LogP contribution in [0, 0.1) is 0 Å². The van der Waals surface area contributed by atoms with Crippen LogP contribution in [0.25, 0.3) is 0 Å². The second-order valence-electron chi connectivity index (χ2n) is 4.97. The van der Waals surface area contributed by atoms with Gasteiger partial charge in [-0.25, -0.2) is 0 Å². The van der Waals surface area contributed by atoms with Crippen molar-refractivity contribution in [3.63, 3.8) is 0 Å². The number of rotatable bonds is 6. The quantitative estimate of drug-likeness (QED) is 0.854. The fourth-order valence-corrected chi connectivity index (χ4v) is 2.25. The smallest absolute Gasteiger partial charge is 0.119 e. The van der Waals surface area contributed by atoms with Crippen LogP contribution in [-0.4, -0.2) is 18.8 Å². The molecule has 0 saturated carbocycles. The van der Waals surface area contributed by atoms with Gasteiger partial charge in [0.05, 0.1) is 13.2 Å². The van der Waals surface area contributed by atoms with Crippen molar-refractivity contribution in [3.8, 4) is 5.75 Å². The fraction of sp³-hybridized carbons (Fsp3) is 0.294. The summed E-state index contributed by atoms with van der Waals surface area (Å²) in [6.45, 7) is 2.53. The van der Waals surface area contributed by atoms with Crippen LogP contribution in [0.1, 0.15) is 30.2 Å². The van der Waals surface area contributed by atoms with Crippen molar-refractivity contribution in [2.75, 3.05) is 13.7 Å². The van der Waals surface area contributed by atoms with Crippen molar-refractivity contribution < 1.29 is 9.84 Å². The third-order valence-electron chi connectivity index (χ3n) is 3.47. The molecule has 2 atom stereocenters. The van der Waals surface area contributed by atoms with E-state index in [1.807, 2.05) is 48.5 Å². The zero-order valence-electron chi connectivity index (χ0n) is 12.2. The summed E-state index contributed by atoms with van der Waals surface area (Å²) in [7, 11) is 1.62. The van der Waals surface area contributed by atoms with Gasteiger partial charge in [0.15, 0.2) is 0 Å². The number of halogens is 1. The van der Waals surface area contributed by atoms with E-state index in [4.69, 9.17) is 16.3 Å². The SMILES string of the molecule is COc1cccc(C(O)CN[C@H](C)c2ccc(Cl)cc2)c1. The van der Waals surface area contributed by atoms with Gasteiger partial charge < -0.3 is 15.2 Å². The Morgan fingerprint density at radius 1 is 1.14 bits per heavy atom. The highest BCUT2D eigenvalue weighted by Crippen LogP contribution is 2.20. The second kappa shape index (κ2) is 7.46. The minimum absolute atomic E-state index is 0.141. The number of hydrogen-bond acceptors (Lipinski definition) is 3. The van der Waals surface area contributed by atoms with Crippen LogP contribution in [0.2, 0.25) is 5.02 Å². The molecule has 0 aliphatic carbocycles. The van der Waals surface area contributed by atoms with Gasteiger partial charge in [-0.1, -0.05) is 35.9 Å². The van der Waals surface area contributed by atoms with Crippen molar-refractivity contribution in [2.45, 2.75) is 19.1 Å². The van der Waals surface area contributed by atoms with Gasteiger partial charge in [-0.05, 0) is 42.3 Å². The van der Waals surface area contributed by atoms with E-state index in [1.54, 1.807) is 7.11 Å². The lowest BCUT2D eigenvalue weighted by molar-refractivity contribution is 0.170. The Labute approximate surface area is 130 Å². The van der Waals surface area contributed by atoms with Crippen molar-refractivity contribution in [1.29, 1.82) is 0 Å². The molecule has 2 aromatic rings. The normalized spacial score (nSPS) is 13.7. The molecule has 0 fully saturated rings. The third kappa shape index (κ3) is 4.46. The van der Waals surface area contributed by atoms with Crippen LogP contribution >= 0.6 is 11.6 Å². The van der Waals surface area contributed by atoms with Crippen LogP contribution in [0.5, 0.6) is 5.75 Å². The average molecular weight is 306 g/mol. The molecule has 0 spiro atoms. The Balaban J connectivity index is 1.93. The Kier molecular flexibility index (Phi) is 5.62. The van der Waals surface area contributed by atoms with Crippen molar-refractivity contribution in [3.05, 3.63) is 64.7 Å². The molecule has 0 aliphatic rings. The summed E-state index contributed by atoms with van der Waals surface area (Å²) in [5, 5.41) is 14.3. The summed E-state index contributed by atoms with van der Waals surface area (Å²) in [5.41, 5.74) is 1.97. The number of hydrogen-bond donors (Lipinski definition) is 2. The molecule has 0 bridgehead atoms. The first-order valence-corrected chi connectivity index (χ1v) is 7.29. The highest BCUT2D eigenvalue weighted by molar-refractivity contribution is 6.30. The lowest BCUT2D eigenvalue weighted by Crippen LogP contribution is -2.24. The van der Waals surface area contributed by atoms with E-state index in [2.05, 4.69) is 12.2 Å². The van der Waals surface area contributed by atoms with E-state index >= 15 is 0 Å². The average Bonchev–Trinajstić information content (AvgIpc) is 2.53. The summed E-state index contributed by atoms with van der Waals surface area (Å²) >= 11 is 5.88. The molecule has 2 aromatic carbocycles. The van der Waals surface area contributed by atoms with Gasteiger partial charge in [-0.3, -0.25) is 0 Å². The van der Waals surface area contributed by atoms with Crippen LogP contribution in [0.15, 0.2) is 48.5 Å². The first kappa shape index (κ1) is 15.8. The van der Waals surface area contributed by atoms with Gasteiger partial charge in [-0.2, -0.15) is 0 Å². The number of methoxy groups -OCH3 is 1. The molecule has 112 valence electrons. The maximum absolute atomic E-state index is 10.2. The number of benzene rings is 2. The molecule has 1 unspecified atom stereocenters. The molecule has 3 nitrogen and oxygen atoms in total. The molecule has 2 N–H and O–H groups in total. The van der Waals surface area contributed by atoms with E-state index in [1.165, 1.54) is 0 Å². The van der Waals surface area contributed by atoms with Crippen LogP contribution in [0.4, 0.5) is 0 Å². The van der Waals surface area contributed by atoms with Gasteiger partial charge in [0.2, 0.25) is 0 Å². The summed E-state index contributed by atoms with van der Waals surface area (Å²) in [4.78, 5) is 0. The van der Waals surface area contributed by atoms with E-state index in [0.717, 1.165) is 21.9 Å². The van der Waals surface area contributed by atoms with E-state index in [-0.39, 0.29) is 6.04 Å². The van der Waals surface area contributed by atoms with Gasteiger partial charge >= 0.3 is 0 Å². The molecule has 0 aliphatic heterocycles. The molecule has 4 heteroatoms. The molecule has 2 rings (SSSR count). The number of nitrogens with one attached hydrogen (secondary N) is 1. The minimum Gasteiger partial charge on any atom is -0.497 e. The standard InChI is InChI=1S/C17H20ClNO2/c1-12(13-6-8-15(18)9-7-13)19-11-17(20)14-4-3-5-16(10-14)21-2/h3-10,12,17,19-20H,11H2,1-2H3/t12-,17?/m1/s1. The molecule has 21 heavy (non-hydrogen) atoms. The zero-order valence-corrected chi connectivity index (χ0v) is 13.0. The number of aliphatic hydroxyl groups excluding tert-OH is 1. The highest BCUT2D eigenvalue weighted by atomic mass is 35.5. The number of ether oxygens (including phenoxy) is 1. The third-order valence-corrected chi connectivity index (χ3v) is 3.72. The highest BCUT2D eigenvalue weighted by Gasteiger charge is 2.11. The Hall–Kier alpha value is -1.55. The maximum atomic E-state index is 10.2. The van der Waals surface area contributed by atoms with Gasteiger partial charge in [0.25, 0.3) is 0 Å².